The van der Waals surface area contributed by atoms with Crippen molar-refractivity contribution < 1.29 is 13.6 Å². The lowest BCUT2D eigenvalue weighted by atomic mass is 9.88. The Balaban J connectivity index is 1.33. The van der Waals surface area contributed by atoms with Crippen molar-refractivity contribution in [3.05, 3.63) is 21.4 Å². The number of thiophene rings is 1. The van der Waals surface area contributed by atoms with Gasteiger partial charge in [-0.15, -0.1) is 11.3 Å². The van der Waals surface area contributed by atoms with Gasteiger partial charge in [-0.3, -0.25) is 4.79 Å². The van der Waals surface area contributed by atoms with Gasteiger partial charge >= 0.3 is 0 Å². The highest BCUT2D eigenvalue weighted by Gasteiger charge is 2.46. The number of aryl methyl sites for hydroxylation is 1. The van der Waals surface area contributed by atoms with E-state index >= 15 is 0 Å². The van der Waals surface area contributed by atoms with Gasteiger partial charge in [0.2, 0.25) is 0 Å². The fraction of sp³-hybridized carbons (Fsp3) is 0.706. The summed E-state index contributed by atoms with van der Waals surface area (Å²) in [5.74, 6) is -1.40. The third kappa shape index (κ3) is 3.43. The molecule has 6 heteroatoms. The second-order valence-corrected chi connectivity index (χ2v) is 8.64. The molecule has 3 aliphatic rings. The molecule has 2 N–H and O–H groups in total. The molecular formula is C17H22F2N2OS. The van der Waals surface area contributed by atoms with Crippen LogP contribution in [0, 0.1) is 12.8 Å². The van der Waals surface area contributed by atoms with E-state index in [-0.39, 0.29) is 24.8 Å². The number of carbonyl (C=O) groups excluding carboxylic acids is 1. The second kappa shape index (κ2) is 5.52. The minimum absolute atomic E-state index is 0.200. The maximum Gasteiger partial charge on any atom is 0.252 e. The van der Waals surface area contributed by atoms with E-state index in [1.165, 1.54) is 17.7 Å². The zero-order chi connectivity index (χ0) is 16.2. The van der Waals surface area contributed by atoms with E-state index in [0.717, 1.165) is 23.8 Å². The number of nitrogens with one attached hydrogen (secondary N) is 2. The van der Waals surface area contributed by atoms with E-state index in [0.29, 0.717) is 17.5 Å². The van der Waals surface area contributed by atoms with Crippen LogP contribution < -0.4 is 10.6 Å². The quantitative estimate of drug-likeness (QED) is 0.833. The average molecular weight is 340 g/mol. The van der Waals surface area contributed by atoms with Gasteiger partial charge in [-0.2, -0.15) is 0 Å². The number of hydrogen-bond acceptors (Lipinski definition) is 3. The summed E-state index contributed by atoms with van der Waals surface area (Å²) in [6.07, 6.45) is 3.39. The van der Waals surface area contributed by atoms with E-state index in [4.69, 9.17) is 0 Å². The maximum absolute atomic E-state index is 12.9. The molecule has 1 amide bonds. The molecule has 0 saturated heterocycles. The Morgan fingerprint density at radius 1 is 1.39 bits per heavy atom. The Morgan fingerprint density at radius 3 is 2.78 bits per heavy atom. The lowest BCUT2D eigenvalue weighted by Gasteiger charge is -2.35. The SMILES string of the molecule is Cc1sc(C2CC2NCC2CC2)cc1C(=O)NC1CC(F)(F)C1. The largest absolute Gasteiger partial charge is 0.349 e. The highest BCUT2D eigenvalue weighted by Crippen LogP contribution is 2.45. The van der Waals surface area contributed by atoms with Gasteiger partial charge in [0.15, 0.2) is 0 Å². The lowest BCUT2D eigenvalue weighted by Crippen LogP contribution is -2.50. The van der Waals surface area contributed by atoms with Gasteiger partial charge in [-0.25, -0.2) is 8.78 Å². The van der Waals surface area contributed by atoms with Crippen molar-refractivity contribution in [3.8, 4) is 0 Å². The molecule has 0 spiro atoms. The van der Waals surface area contributed by atoms with Crippen LogP contribution in [0.1, 0.15) is 58.1 Å². The number of carbonyl (C=O) groups is 1. The van der Waals surface area contributed by atoms with Crippen LogP contribution in [-0.4, -0.2) is 30.5 Å². The molecular weight excluding hydrogens is 318 g/mol. The van der Waals surface area contributed by atoms with Gasteiger partial charge < -0.3 is 10.6 Å². The van der Waals surface area contributed by atoms with Crippen molar-refractivity contribution in [2.45, 2.75) is 63.0 Å². The van der Waals surface area contributed by atoms with Crippen molar-refractivity contribution in [2.24, 2.45) is 5.92 Å². The normalized spacial score (nSPS) is 29.2. The topological polar surface area (TPSA) is 41.1 Å². The van der Waals surface area contributed by atoms with Gasteiger partial charge in [-0.1, -0.05) is 0 Å². The molecule has 126 valence electrons. The van der Waals surface area contributed by atoms with Crippen molar-refractivity contribution in [2.75, 3.05) is 6.54 Å². The Labute approximate surface area is 138 Å². The van der Waals surface area contributed by atoms with Crippen LogP contribution in [0.15, 0.2) is 6.07 Å². The second-order valence-electron chi connectivity index (χ2n) is 7.35. The summed E-state index contributed by atoms with van der Waals surface area (Å²) in [6, 6.07) is 2.14. The predicted molar refractivity (Wildman–Crippen MR) is 86.4 cm³/mol. The molecule has 1 heterocycles. The van der Waals surface area contributed by atoms with Gasteiger partial charge in [-0.05, 0) is 44.7 Å². The van der Waals surface area contributed by atoms with Crippen LogP contribution >= 0.6 is 11.3 Å². The standard InChI is InChI=1S/C17H22F2N2OS/c1-9-12(16(22)21-11-6-17(18,19)7-11)5-15(23-9)13-4-14(13)20-8-10-2-3-10/h5,10-11,13-14,20H,2-4,6-8H2,1H3,(H,21,22). The molecule has 0 radical (unpaired) electrons. The Hall–Kier alpha value is -1.01. The van der Waals surface area contributed by atoms with Crippen LogP contribution in [-0.2, 0) is 0 Å². The fourth-order valence-corrected chi connectivity index (χ4v) is 4.52. The first-order chi connectivity index (χ1) is 10.9. The minimum atomic E-state index is -2.60. The summed E-state index contributed by atoms with van der Waals surface area (Å²) in [4.78, 5) is 14.5. The van der Waals surface area contributed by atoms with Crippen LogP contribution in [0.5, 0.6) is 0 Å². The van der Waals surface area contributed by atoms with Crippen LogP contribution in [0.3, 0.4) is 0 Å². The zero-order valence-corrected chi connectivity index (χ0v) is 14.0. The van der Waals surface area contributed by atoms with Gasteiger partial charge in [0.1, 0.15) is 0 Å². The number of hydrogen-bond donors (Lipinski definition) is 2. The molecule has 4 rings (SSSR count). The first-order valence-electron chi connectivity index (χ1n) is 8.44. The first-order valence-corrected chi connectivity index (χ1v) is 9.25. The molecule has 0 aromatic carbocycles. The molecule has 3 saturated carbocycles. The summed E-state index contributed by atoms with van der Waals surface area (Å²) in [7, 11) is 0. The van der Waals surface area contributed by atoms with Crippen molar-refractivity contribution >= 4 is 17.2 Å². The molecule has 0 bridgehead atoms. The van der Waals surface area contributed by atoms with E-state index in [1.54, 1.807) is 11.3 Å². The number of amides is 1. The van der Waals surface area contributed by atoms with Gasteiger partial charge in [0.05, 0.1) is 5.56 Å². The fourth-order valence-electron chi connectivity index (χ4n) is 3.31. The summed E-state index contributed by atoms with van der Waals surface area (Å²) >= 11 is 1.67. The molecule has 1 aromatic heterocycles. The van der Waals surface area contributed by atoms with Crippen LogP contribution in [0.4, 0.5) is 8.78 Å². The maximum atomic E-state index is 12.9. The third-order valence-electron chi connectivity index (χ3n) is 5.13. The van der Waals surface area contributed by atoms with Crippen molar-refractivity contribution in [1.82, 2.24) is 10.6 Å². The third-order valence-corrected chi connectivity index (χ3v) is 6.31. The Kier molecular flexibility index (Phi) is 3.72. The number of rotatable bonds is 6. The molecule has 1 aromatic rings. The van der Waals surface area contributed by atoms with E-state index in [1.807, 2.05) is 13.0 Å². The summed E-state index contributed by atoms with van der Waals surface area (Å²) in [6.45, 7) is 3.06. The molecule has 3 nitrogen and oxygen atoms in total. The van der Waals surface area contributed by atoms with Crippen molar-refractivity contribution in [3.63, 3.8) is 0 Å². The monoisotopic (exact) mass is 340 g/mol. The molecule has 3 fully saturated rings. The average Bonchev–Trinajstić information content (AvgIpc) is 3.34. The van der Waals surface area contributed by atoms with Crippen LogP contribution in [0.2, 0.25) is 0 Å². The summed E-state index contributed by atoms with van der Waals surface area (Å²) < 4.78 is 25.7. The Bertz CT molecular complexity index is 618. The van der Waals surface area contributed by atoms with E-state index in [2.05, 4.69) is 10.6 Å². The predicted octanol–water partition coefficient (Wildman–Crippen LogP) is 3.44. The molecule has 2 atom stereocenters. The smallest absolute Gasteiger partial charge is 0.252 e. The molecule has 23 heavy (non-hydrogen) atoms. The Morgan fingerprint density at radius 2 is 2.13 bits per heavy atom. The lowest BCUT2D eigenvalue weighted by molar-refractivity contribution is -0.0901. The zero-order valence-electron chi connectivity index (χ0n) is 13.2. The van der Waals surface area contributed by atoms with E-state index < -0.39 is 5.92 Å². The summed E-state index contributed by atoms with van der Waals surface area (Å²) in [5, 5.41) is 6.34. The highest BCUT2D eigenvalue weighted by atomic mass is 32.1. The van der Waals surface area contributed by atoms with Gasteiger partial charge in [0, 0.05) is 40.6 Å². The minimum Gasteiger partial charge on any atom is -0.349 e. The van der Waals surface area contributed by atoms with Crippen LogP contribution in [0.25, 0.3) is 0 Å². The van der Waals surface area contributed by atoms with Crippen molar-refractivity contribution in [1.29, 1.82) is 0 Å². The first kappa shape index (κ1) is 15.5. The molecule has 3 aliphatic carbocycles. The molecule has 0 aliphatic heterocycles. The summed E-state index contributed by atoms with van der Waals surface area (Å²) in [5.41, 5.74) is 0.660. The van der Waals surface area contributed by atoms with E-state index in [9.17, 15) is 13.6 Å². The van der Waals surface area contributed by atoms with Gasteiger partial charge in [0.25, 0.3) is 11.8 Å². The molecule has 2 unspecified atom stereocenters. The highest BCUT2D eigenvalue weighted by molar-refractivity contribution is 7.12. The number of halogens is 2. The number of alkyl halides is 2.